The normalized spacial score (nSPS) is 10.8. The minimum atomic E-state index is -0.251. The maximum Gasteiger partial charge on any atom is 0.258 e. The minimum absolute atomic E-state index is 0.144. The molecule has 3 aromatic rings. The molecule has 3 rings (SSSR count). The maximum atomic E-state index is 13.6. The van der Waals surface area contributed by atoms with E-state index in [9.17, 15) is 9.18 Å². The number of thiocarbonyl (C=S) groups is 1. The van der Waals surface area contributed by atoms with E-state index in [0.29, 0.717) is 38.9 Å². The lowest BCUT2D eigenvalue weighted by Gasteiger charge is -2.09. The van der Waals surface area contributed by atoms with Crippen molar-refractivity contribution in [3.63, 3.8) is 0 Å². The van der Waals surface area contributed by atoms with Gasteiger partial charge in [0.05, 0.1) is 10.9 Å². The molecule has 2 aromatic carbocycles. The molecular weight excluding hydrogens is 357 g/mol. The number of hydrogen-bond donors (Lipinski definition) is 2. The zero-order valence-electron chi connectivity index (χ0n) is 13.5. The van der Waals surface area contributed by atoms with Crippen LogP contribution < -0.4 is 10.9 Å². The molecule has 0 spiro atoms. The average Bonchev–Trinajstić information content (AvgIpc) is 2.59. The summed E-state index contributed by atoms with van der Waals surface area (Å²) in [5, 5.41) is 3.60. The fraction of sp³-hybridized carbons (Fsp3) is 0.167. The zero-order chi connectivity index (χ0) is 17.8. The van der Waals surface area contributed by atoms with Crippen LogP contribution in [0.3, 0.4) is 0 Å². The van der Waals surface area contributed by atoms with Crippen molar-refractivity contribution in [2.24, 2.45) is 0 Å². The van der Waals surface area contributed by atoms with E-state index in [1.54, 1.807) is 25.1 Å². The Morgan fingerprint density at radius 2 is 2.12 bits per heavy atom. The second kappa shape index (κ2) is 7.76. The molecule has 4 nitrogen and oxygen atoms in total. The van der Waals surface area contributed by atoms with Crippen molar-refractivity contribution in [1.82, 2.24) is 15.3 Å². The Labute approximate surface area is 153 Å². The van der Waals surface area contributed by atoms with Crippen LogP contribution >= 0.6 is 24.0 Å². The van der Waals surface area contributed by atoms with Gasteiger partial charge in [0.15, 0.2) is 0 Å². The largest absolute Gasteiger partial charge is 0.367 e. The van der Waals surface area contributed by atoms with Gasteiger partial charge in [-0.1, -0.05) is 48.2 Å². The summed E-state index contributed by atoms with van der Waals surface area (Å²) in [6, 6.07) is 12.2. The van der Waals surface area contributed by atoms with Crippen LogP contribution in [0.1, 0.15) is 17.0 Å². The number of hydrogen-bond acceptors (Lipinski definition) is 4. The Morgan fingerprint density at radius 1 is 1.32 bits per heavy atom. The molecule has 128 valence electrons. The van der Waals surface area contributed by atoms with E-state index in [1.165, 1.54) is 17.8 Å². The van der Waals surface area contributed by atoms with Crippen LogP contribution in [-0.4, -0.2) is 14.3 Å². The van der Waals surface area contributed by atoms with Crippen molar-refractivity contribution in [3.8, 4) is 0 Å². The standard InChI is InChI=1S/C18H16FN3OS2/c1-11-21-16-7-6-12(8-14(16)17(23)22-11)10-25-18(24)20-9-13-4-2-3-5-15(13)19/h2-8H,9-10H2,1H3,(H,20,24)(H,21,22,23). The summed E-state index contributed by atoms with van der Waals surface area (Å²) in [7, 11) is 0. The molecule has 2 N–H and O–H groups in total. The zero-order valence-corrected chi connectivity index (χ0v) is 15.1. The number of aromatic amines is 1. The van der Waals surface area contributed by atoms with Crippen molar-refractivity contribution in [2.45, 2.75) is 19.2 Å². The van der Waals surface area contributed by atoms with Crippen molar-refractivity contribution in [1.29, 1.82) is 0 Å². The smallest absolute Gasteiger partial charge is 0.258 e. The molecule has 1 heterocycles. The summed E-state index contributed by atoms with van der Waals surface area (Å²) in [5.41, 5.74) is 2.08. The fourth-order valence-corrected chi connectivity index (χ4v) is 3.30. The molecule has 0 saturated carbocycles. The van der Waals surface area contributed by atoms with E-state index in [1.807, 2.05) is 18.2 Å². The van der Waals surface area contributed by atoms with Gasteiger partial charge in [-0.25, -0.2) is 9.37 Å². The van der Waals surface area contributed by atoms with Gasteiger partial charge in [-0.05, 0) is 30.7 Å². The number of fused-ring (bicyclic) bond motifs is 1. The summed E-state index contributed by atoms with van der Waals surface area (Å²) in [5.74, 6) is 0.962. The predicted octanol–water partition coefficient (Wildman–Crippen LogP) is 3.68. The molecule has 0 bridgehead atoms. The van der Waals surface area contributed by atoms with E-state index in [0.717, 1.165) is 5.56 Å². The topological polar surface area (TPSA) is 57.8 Å². The number of nitrogens with one attached hydrogen (secondary N) is 2. The lowest BCUT2D eigenvalue weighted by molar-refractivity contribution is 0.607. The fourth-order valence-electron chi connectivity index (χ4n) is 2.40. The third-order valence-electron chi connectivity index (χ3n) is 3.64. The monoisotopic (exact) mass is 373 g/mol. The van der Waals surface area contributed by atoms with Crippen LogP contribution in [0, 0.1) is 12.7 Å². The Balaban J connectivity index is 1.61. The van der Waals surface area contributed by atoms with Gasteiger partial charge >= 0.3 is 0 Å². The highest BCUT2D eigenvalue weighted by molar-refractivity contribution is 8.22. The van der Waals surface area contributed by atoms with Crippen molar-refractivity contribution in [3.05, 3.63) is 75.6 Å². The second-order valence-corrected chi connectivity index (χ2v) is 7.18. The summed E-state index contributed by atoms with van der Waals surface area (Å²) in [4.78, 5) is 19.0. The minimum Gasteiger partial charge on any atom is -0.367 e. The van der Waals surface area contributed by atoms with E-state index in [2.05, 4.69) is 15.3 Å². The number of thioether (sulfide) groups is 1. The van der Waals surface area contributed by atoms with Gasteiger partial charge in [0, 0.05) is 17.9 Å². The van der Waals surface area contributed by atoms with Gasteiger partial charge in [-0.15, -0.1) is 0 Å². The molecule has 0 radical (unpaired) electrons. The maximum absolute atomic E-state index is 13.6. The van der Waals surface area contributed by atoms with Gasteiger partial charge < -0.3 is 10.3 Å². The van der Waals surface area contributed by atoms with Crippen LogP contribution in [0.15, 0.2) is 47.3 Å². The molecular formula is C18H16FN3OS2. The molecule has 25 heavy (non-hydrogen) atoms. The first-order chi connectivity index (χ1) is 12.0. The third-order valence-corrected chi connectivity index (χ3v) is 5.02. The molecule has 0 aliphatic rings. The number of aromatic nitrogens is 2. The van der Waals surface area contributed by atoms with Crippen LogP contribution in [0.4, 0.5) is 4.39 Å². The molecule has 0 saturated heterocycles. The number of halogens is 1. The molecule has 1 aromatic heterocycles. The first-order valence-electron chi connectivity index (χ1n) is 7.66. The molecule has 0 atom stereocenters. The molecule has 0 aliphatic heterocycles. The van der Waals surface area contributed by atoms with Crippen molar-refractivity contribution < 1.29 is 4.39 Å². The third kappa shape index (κ3) is 4.43. The quantitative estimate of drug-likeness (QED) is 0.683. The van der Waals surface area contributed by atoms with Gasteiger partial charge in [-0.2, -0.15) is 0 Å². The lowest BCUT2D eigenvalue weighted by Crippen LogP contribution is -2.18. The second-order valence-electron chi connectivity index (χ2n) is 5.52. The molecule has 7 heteroatoms. The Bertz CT molecular complexity index is 987. The number of nitrogens with zero attached hydrogens (tertiary/aromatic N) is 1. The number of rotatable bonds is 4. The molecule has 0 fully saturated rings. The Hall–Kier alpha value is -2.25. The lowest BCUT2D eigenvalue weighted by atomic mass is 10.2. The van der Waals surface area contributed by atoms with E-state index in [4.69, 9.17) is 12.2 Å². The summed E-state index contributed by atoms with van der Waals surface area (Å²) >= 11 is 6.72. The highest BCUT2D eigenvalue weighted by Crippen LogP contribution is 2.17. The molecule has 0 unspecified atom stereocenters. The van der Waals surface area contributed by atoms with Crippen LogP contribution in [0.25, 0.3) is 10.9 Å². The molecule has 0 aliphatic carbocycles. The summed E-state index contributed by atoms with van der Waals surface area (Å²) in [6.45, 7) is 2.10. The van der Waals surface area contributed by atoms with Gasteiger partial charge in [0.2, 0.25) is 0 Å². The SMILES string of the molecule is Cc1nc2ccc(CSC(=S)NCc3ccccc3F)cc2c(=O)[nH]1. The van der Waals surface area contributed by atoms with Crippen LogP contribution in [0.5, 0.6) is 0 Å². The van der Waals surface area contributed by atoms with Crippen molar-refractivity contribution >= 4 is 39.2 Å². The highest BCUT2D eigenvalue weighted by atomic mass is 32.2. The van der Waals surface area contributed by atoms with Crippen LogP contribution in [-0.2, 0) is 12.3 Å². The van der Waals surface area contributed by atoms with Crippen LogP contribution in [0.2, 0.25) is 0 Å². The Morgan fingerprint density at radius 3 is 2.92 bits per heavy atom. The van der Waals surface area contributed by atoms with Crippen molar-refractivity contribution in [2.75, 3.05) is 0 Å². The highest BCUT2D eigenvalue weighted by Gasteiger charge is 2.06. The Kier molecular flexibility index (Phi) is 5.45. The van der Waals surface area contributed by atoms with E-state index in [-0.39, 0.29) is 11.4 Å². The summed E-state index contributed by atoms with van der Waals surface area (Å²) in [6.07, 6.45) is 0. The number of H-pyrrole nitrogens is 1. The first kappa shape index (κ1) is 17.6. The average molecular weight is 373 g/mol. The van der Waals surface area contributed by atoms with E-state index >= 15 is 0 Å². The number of benzene rings is 2. The number of aryl methyl sites for hydroxylation is 1. The first-order valence-corrected chi connectivity index (χ1v) is 9.06. The van der Waals surface area contributed by atoms with E-state index < -0.39 is 0 Å². The summed E-state index contributed by atoms with van der Waals surface area (Å²) < 4.78 is 14.2. The van der Waals surface area contributed by atoms with Gasteiger partial charge in [0.25, 0.3) is 5.56 Å². The predicted molar refractivity (Wildman–Crippen MR) is 104 cm³/mol. The van der Waals surface area contributed by atoms with Gasteiger partial charge in [0.1, 0.15) is 16.0 Å². The van der Waals surface area contributed by atoms with Gasteiger partial charge in [-0.3, -0.25) is 4.79 Å². The molecule has 0 amide bonds.